The number of hydrogen-bond donors (Lipinski definition) is 1. The highest BCUT2D eigenvalue weighted by molar-refractivity contribution is 6.42. The van der Waals surface area contributed by atoms with Gasteiger partial charge < -0.3 is 10.1 Å². The molecule has 0 saturated carbocycles. The number of rotatable bonds is 3. The summed E-state index contributed by atoms with van der Waals surface area (Å²) in [6.45, 7) is 3.03. The van der Waals surface area contributed by atoms with Crippen molar-refractivity contribution < 1.29 is 4.74 Å². The summed E-state index contributed by atoms with van der Waals surface area (Å²) in [5.74, 6) is 0.530. The Labute approximate surface area is 112 Å². The van der Waals surface area contributed by atoms with Gasteiger partial charge in [-0.25, -0.2) is 0 Å². The first kappa shape index (κ1) is 13.2. The average molecular weight is 274 g/mol. The average Bonchev–Trinajstić information content (AvgIpc) is 2.72. The zero-order valence-corrected chi connectivity index (χ0v) is 11.6. The Bertz CT molecular complexity index is 397. The molecule has 94 valence electrons. The van der Waals surface area contributed by atoms with Crippen LogP contribution in [0.4, 0.5) is 0 Å². The highest BCUT2D eigenvalue weighted by Gasteiger charge is 2.33. The van der Waals surface area contributed by atoms with Crippen molar-refractivity contribution in [1.82, 2.24) is 5.32 Å². The molecule has 1 aliphatic rings. The summed E-state index contributed by atoms with van der Waals surface area (Å²) < 4.78 is 5.80. The first-order chi connectivity index (χ1) is 8.15. The van der Waals surface area contributed by atoms with Crippen molar-refractivity contribution >= 4 is 23.2 Å². The molecule has 0 spiro atoms. The van der Waals surface area contributed by atoms with Crippen LogP contribution in [-0.4, -0.2) is 19.8 Å². The highest BCUT2D eigenvalue weighted by Crippen LogP contribution is 2.36. The van der Waals surface area contributed by atoms with Crippen LogP contribution in [0.3, 0.4) is 0 Å². The SMILES string of the molecule is CNC(c1cccc(Cl)c1Cl)C1OCCC1C. The van der Waals surface area contributed by atoms with E-state index in [1.807, 2.05) is 19.2 Å². The van der Waals surface area contributed by atoms with Crippen LogP contribution in [-0.2, 0) is 4.74 Å². The van der Waals surface area contributed by atoms with Gasteiger partial charge >= 0.3 is 0 Å². The molecule has 1 aromatic carbocycles. The molecule has 2 nitrogen and oxygen atoms in total. The lowest BCUT2D eigenvalue weighted by Crippen LogP contribution is -2.32. The molecule has 0 amide bonds. The summed E-state index contributed by atoms with van der Waals surface area (Å²) in [6.07, 6.45) is 1.26. The molecule has 1 N–H and O–H groups in total. The third-order valence-electron chi connectivity index (χ3n) is 3.40. The van der Waals surface area contributed by atoms with Crippen molar-refractivity contribution in [3.8, 4) is 0 Å². The van der Waals surface area contributed by atoms with E-state index in [0.29, 0.717) is 16.0 Å². The van der Waals surface area contributed by atoms with E-state index in [2.05, 4.69) is 12.2 Å². The van der Waals surface area contributed by atoms with Crippen LogP contribution in [0.1, 0.15) is 24.9 Å². The zero-order chi connectivity index (χ0) is 12.4. The van der Waals surface area contributed by atoms with E-state index in [4.69, 9.17) is 27.9 Å². The Hall–Kier alpha value is -0.280. The maximum atomic E-state index is 6.27. The van der Waals surface area contributed by atoms with E-state index in [1.165, 1.54) is 0 Å². The highest BCUT2D eigenvalue weighted by atomic mass is 35.5. The quantitative estimate of drug-likeness (QED) is 0.907. The summed E-state index contributed by atoms with van der Waals surface area (Å²) in [7, 11) is 1.93. The van der Waals surface area contributed by atoms with Crippen LogP contribution in [0.25, 0.3) is 0 Å². The second-order valence-electron chi connectivity index (χ2n) is 4.51. The molecule has 0 radical (unpaired) electrons. The lowest BCUT2D eigenvalue weighted by Gasteiger charge is -2.27. The number of ether oxygens (including phenoxy) is 1. The fraction of sp³-hybridized carbons (Fsp3) is 0.538. The second-order valence-corrected chi connectivity index (χ2v) is 5.30. The fourth-order valence-electron chi connectivity index (χ4n) is 2.40. The zero-order valence-electron chi connectivity index (χ0n) is 10.0. The Morgan fingerprint density at radius 2 is 2.18 bits per heavy atom. The third kappa shape index (κ3) is 2.60. The van der Waals surface area contributed by atoms with Crippen molar-refractivity contribution in [2.75, 3.05) is 13.7 Å². The van der Waals surface area contributed by atoms with E-state index >= 15 is 0 Å². The van der Waals surface area contributed by atoms with Crippen molar-refractivity contribution in [3.63, 3.8) is 0 Å². The van der Waals surface area contributed by atoms with Crippen molar-refractivity contribution in [2.24, 2.45) is 5.92 Å². The van der Waals surface area contributed by atoms with Gasteiger partial charge in [-0.2, -0.15) is 0 Å². The normalized spacial score (nSPS) is 26.1. The second kappa shape index (κ2) is 5.57. The molecule has 1 aromatic rings. The first-order valence-electron chi connectivity index (χ1n) is 5.88. The molecule has 1 heterocycles. The molecule has 1 aliphatic heterocycles. The molecule has 3 atom stereocenters. The van der Waals surface area contributed by atoms with Gasteiger partial charge in [0.1, 0.15) is 0 Å². The summed E-state index contributed by atoms with van der Waals surface area (Å²) >= 11 is 12.3. The smallest absolute Gasteiger partial charge is 0.0796 e. The maximum absolute atomic E-state index is 6.27. The molecular formula is C13H17Cl2NO. The number of hydrogen-bond acceptors (Lipinski definition) is 2. The van der Waals surface area contributed by atoms with E-state index < -0.39 is 0 Å². The lowest BCUT2D eigenvalue weighted by molar-refractivity contribution is 0.0631. The van der Waals surface area contributed by atoms with Crippen LogP contribution < -0.4 is 5.32 Å². The maximum Gasteiger partial charge on any atom is 0.0796 e. The molecule has 4 heteroatoms. The largest absolute Gasteiger partial charge is 0.376 e. The summed E-state index contributed by atoms with van der Waals surface area (Å²) in [5, 5.41) is 4.50. The van der Waals surface area contributed by atoms with E-state index in [0.717, 1.165) is 18.6 Å². The minimum Gasteiger partial charge on any atom is -0.376 e. The Kier molecular flexibility index (Phi) is 4.31. The molecule has 3 unspecified atom stereocenters. The van der Waals surface area contributed by atoms with Gasteiger partial charge in [-0.1, -0.05) is 42.3 Å². The molecular weight excluding hydrogens is 257 g/mol. The minimum atomic E-state index is 0.0960. The molecule has 0 aromatic heterocycles. The predicted molar refractivity (Wildman–Crippen MR) is 71.8 cm³/mol. The van der Waals surface area contributed by atoms with Gasteiger partial charge in [-0.15, -0.1) is 0 Å². The number of likely N-dealkylation sites (N-methyl/N-ethyl adjacent to an activating group) is 1. The third-order valence-corrected chi connectivity index (χ3v) is 4.23. The Morgan fingerprint density at radius 1 is 1.41 bits per heavy atom. The van der Waals surface area contributed by atoms with Gasteiger partial charge in [0.05, 0.1) is 22.2 Å². The number of halogens is 2. The summed E-state index contributed by atoms with van der Waals surface area (Å²) in [5.41, 5.74) is 1.01. The van der Waals surface area contributed by atoms with Crippen LogP contribution in [0.5, 0.6) is 0 Å². The van der Waals surface area contributed by atoms with Gasteiger partial charge in [0.15, 0.2) is 0 Å². The molecule has 17 heavy (non-hydrogen) atoms. The van der Waals surface area contributed by atoms with Crippen molar-refractivity contribution in [3.05, 3.63) is 33.8 Å². The van der Waals surface area contributed by atoms with Gasteiger partial charge in [0.25, 0.3) is 0 Å². The standard InChI is InChI=1S/C13H17Cl2NO/c1-8-6-7-17-13(8)12(16-2)9-4-3-5-10(14)11(9)15/h3-5,8,12-13,16H,6-7H2,1-2H3. The first-order valence-corrected chi connectivity index (χ1v) is 6.63. The number of benzene rings is 1. The predicted octanol–water partition coefficient (Wildman–Crippen LogP) is 3.68. The fourth-order valence-corrected chi connectivity index (χ4v) is 2.83. The van der Waals surface area contributed by atoms with Gasteiger partial charge in [-0.3, -0.25) is 0 Å². The summed E-state index contributed by atoms with van der Waals surface area (Å²) in [4.78, 5) is 0. The van der Waals surface area contributed by atoms with Gasteiger partial charge in [0.2, 0.25) is 0 Å². The van der Waals surface area contributed by atoms with E-state index in [1.54, 1.807) is 6.07 Å². The Morgan fingerprint density at radius 3 is 2.76 bits per heavy atom. The monoisotopic (exact) mass is 273 g/mol. The van der Waals surface area contributed by atoms with Gasteiger partial charge in [0, 0.05) is 6.61 Å². The summed E-state index contributed by atoms with van der Waals surface area (Å²) in [6, 6.07) is 5.83. The molecule has 2 rings (SSSR count). The van der Waals surface area contributed by atoms with Crippen LogP contribution in [0.15, 0.2) is 18.2 Å². The van der Waals surface area contributed by atoms with Gasteiger partial charge in [-0.05, 0) is 31.0 Å². The van der Waals surface area contributed by atoms with Crippen LogP contribution >= 0.6 is 23.2 Å². The van der Waals surface area contributed by atoms with Crippen molar-refractivity contribution in [1.29, 1.82) is 0 Å². The van der Waals surface area contributed by atoms with E-state index in [9.17, 15) is 0 Å². The van der Waals surface area contributed by atoms with E-state index in [-0.39, 0.29) is 12.1 Å². The van der Waals surface area contributed by atoms with Crippen LogP contribution in [0, 0.1) is 5.92 Å². The minimum absolute atomic E-state index is 0.0960. The van der Waals surface area contributed by atoms with Crippen LogP contribution in [0.2, 0.25) is 10.0 Å². The molecule has 1 saturated heterocycles. The Balaban J connectivity index is 2.31. The molecule has 0 aliphatic carbocycles. The number of nitrogens with one attached hydrogen (secondary N) is 1. The molecule has 0 bridgehead atoms. The lowest BCUT2D eigenvalue weighted by atomic mass is 9.92. The van der Waals surface area contributed by atoms with Crippen molar-refractivity contribution in [2.45, 2.75) is 25.5 Å². The topological polar surface area (TPSA) is 21.3 Å². The molecule has 1 fully saturated rings.